The highest BCUT2D eigenvalue weighted by Crippen LogP contribution is 2.25. The number of hydrogen-bond donors (Lipinski definition) is 0. The monoisotopic (exact) mass is 284 g/mol. The van der Waals surface area contributed by atoms with Crippen molar-refractivity contribution in [2.45, 2.75) is 31.7 Å². The number of rotatable bonds is 4. The molecule has 1 aliphatic heterocycles. The van der Waals surface area contributed by atoms with Crippen LogP contribution >= 0.6 is 11.6 Å². The lowest BCUT2D eigenvalue weighted by Crippen LogP contribution is -2.43. The summed E-state index contributed by atoms with van der Waals surface area (Å²) in [7, 11) is 1.99. The van der Waals surface area contributed by atoms with Gasteiger partial charge in [-0.3, -0.25) is 0 Å². The van der Waals surface area contributed by atoms with E-state index in [-0.39, 0.29) is 5.82 Å². The van der Waals surface area contributed by atoms with E-state index in [0.717, 1.165) is 38.0 Å². The first-order chi connectivity index (χ1) is 9.15. The predicted molar refractivity (Wildman–Crippen MR) is 79.5 cm³/mol. The first-order valence-corrected chi connectivity index (χ1v) is 7.48. The lowest BCUT2D eigenvalue weighted by Gasteiger charge is -2.37. The molecule has 0 saturated carbocycles. The summed E-state index contributed by atoms with van der Waals surface area (Å²) in [4.78, 5) is 4.53. The lowest BCUT2D eigenvalue weighted by atomic mass is 10.0. The number of likely N-dealkylation sites (tertiary alicyclic amines) is 1. The van der Waals surface area contributed by atoms with Gasteiger partial charge in [-0.1, -0.05) is 13.0 Å². The highest BCUT2D eigenvalue weighted by molar-refractivity contribution is 6.17. The fraction of sp³-hybridized carbons (Fsp3) is 0.600. The molecule has 1 aromatic rings. The van der Waals surface area contributed by atoms with Gasteiger partial charge in [0.05, 0.1) is 5.69 Å². The molecule has 2 rings (SSSR count). The molecule has 0 spiro atoms. The topological polar surface area (TPSA) is 6.48 Å². The van der Waals surface area contributed by atoms with Crippen molar-refractivity contribution in [2.24, 2.45) is 0 Å². The molecule has 0 N–H and O–H groups in total. The van der Waals surface area contributed by atoms with Gasteiger partial charge in [-0.2, -0.15) is 0 Å². The number of piperidine rings is 1. The Balaban J connectivity index is 2.05. The molecule has 1 heterocycles. The van der Waals surface area contributed by atoms with Crippen molar-refractivity contribution >= 4 is 17.3 Å². The highest BCUT2D eigenvalue weighted by atomic mass is 35.5. The van der Waals surface area contributed by atoms with Gasteiger partial charge < -0.3 is 9.80 Å². The van der Waals surface area contributed by atoms with E-state index < -0.39 is 0 Å². The molecular weight excluding hydrogens is 263 g/mol. The van der Waals surface area contributed by atoms with E-state index in [2.05, 4.69) is 16.7 Å². The third kappa shape index (κ3) is 3.40. The summed E-state index contributed by atoms with van der Waals surface area (Å²) in [6.07, 6.45) is 2.20. The predicted octanol–water partition coefficient (Wildman–Crippen LogP) is 3.49. The molecule has 0 atom stereocenters. The van der Waals surface area contributed by atoms with E-state index in [4.69, 9.17) is 11.6 Å². The summed E-state index contributed by atoms with van der Waals surface area (Å²) >= 11 is 5.73. The lowest BCUT2D eigenvalue weighted by molar-refractivity contribution is 0.220. The maximum absolute atomic E-state index is 14.1. The summed E-state index contributed by atoms with van der Waals surface area (Å²) in [5.41, 5.74) is 1.51. The van der Waals surface area contributed by atoms with Crippen molar-refractivity contribution < 1.29 is 4.39 Å². The van der Waals surface area contributed by atoms with Gasteiger partial charge in [0.2, 0.25) is 0 Å². The maximum Gasteiger partial charge on any atom is 0.146 e. The molecule has 0 aromatic heterocycles. The standard InChI is InChI=1S/C15H22ClFN2/c1-3-19-8-6-13(7-9-19)18(2)15-5-4-12(11-16)10-14(15)17/h4-5,10,13H,3,6-9,11H2,1-2H3. The zero-order valence-electron chi connectivity index (χ0n) is 11.7. The van der Waals surface area contributed by atoms with Crippen LogP contribution < -0.4 is 4.90 Å². The van der Waals surface area contributed by atoms with E-state index in [1.165, 1.54) is 0 Å². The minimum absolute atomic E-state index is 0.168. The van der Waals surface area contributed by atoms with E-state index in [0.29, 0.717) is 17.6 Å². The van der Waals surface area contributed by atoms with Crippen molar-refractivity contribution in [3.05, 3.63) is 29.6 Å². The van der Waals surface area contributed by atoms with E-state index in [1.807, 2.05) is 19.2 Å². The number of halogens is 2. The zero-order valence-corrected chi connectivity index (χ0v) is 12.5. The van der Waals surface area contributed by atoms with Gasteiger partial charge in [0.1, 0.15) is 5.82 Å². The maximum atomic E-state index is 14.1. The summed E-state index contributed by atoms with van der Waals surface area (Å²) in [6, 6.07) is 5.72. The second-order valence-electron chi connectivity index (χ2n) is 5.20. The smallest absolute Gasteiger partial charge is 0.146 e. The van der Waals surface area contributed by atoms with Gasteiger partial charge in [-0.05, 0) is 37.1 Å². The van der Waals surface area contributed by atoms with Crippen LogP contribution in [0.25, 0.3) is 0 Å². The molecule has 1 aliphatic rings. The van der Waals surface area contributed by atoms with Crippen LogP contribution in [0.4, 0.5) is 10.1 Å². The van der Waals surface area contributed by atoms with Crippen LogP contribution in [-0.4, -0.2) is 37.6 Å². The van der Waals surface area contributed by atoms with Gasteiger partial charge in [0.25, 0.3) is 0 Å². The normalized spacial score (nSPS) is 17.7. The Bertz CT molecular complexity index is 417. The van der Waals surface area contributed by atoms with Gasteiger partial charge in [-0.15, -0.1) is 11.6 Å². The van der Waals surface area contributed by atoms with Gasteiger partial charge in [-0.25, -0.2) is 4.39 Å². The molecule has 0 radical (unpaired) electrons. The van der Waals surface area contributed by atoms with Crippen molar-refractivity contribution in [1.82, 2.24) is 4.90 Å². The first-order valence-electron chi connectivity index (χ1n) is 6.95. The van der Waals surface area contributed by atoms with Crippen molar-refractivity contribution in [1.29, 1.82) is 0 Å². The highest BCUT2D eigenvalue weighted by Gasteiger charge is 2.23. The van der Waals surface area contributed by atoms with Crippen LogP contribution in [0.3, 0.4) is 0 Å². The number of benzene rings is 1. The molecule has 0 aliphatic carbocycles. The Kier molecular flexibility index (Phi) is 5.06. The molecule has 106 valence electrons. The number of hydrogen-bond acceptors (Lipinski definition) is 2. The van der Waals surface area contributed by atoms with Crippen LogP contribution in [0.15, 0.2) is 18.2 Å². The SMILES string of the molecule is CCN1CCC(N(C)c2ccc(CCl)cc2F)CC1. The summed E-state index contributed by atoms with van der Waals surface area (Å²) in [5, 5.41) is 0. The van der Waals surface area contributed by atoms with Crippen molar-refractivity contribution in [3.63, 3.8) is 0 Å². The number of anilines is 1. The Hall–Kier alpha value is -0.800. The Morgan fingerprint density at radius 1 is 1.37 bits per heavy atom. The largest absolute Gasteiger partial charge is 0.369 e. The third-order valence-corrected chi connectivity index (χ3v) is 4.41. The fourth-order valence-electron chi connectivity index (χ4n) is 2.74. The van der Waals surface area contributed by atoms with E-state index in [9.17, 15) is 4.39 Å². The van der Waals surface area contributed by atoms with Crippen LogP contribution in [-0.2, 0) is 5.88 Å². The summed E-state index contributed by atoms with van der Waals surface area (Å²) in [5.74, 6) is 0.189. The molecular formula is C15H22ClFN2. The molecule has 2 nitrogen and oxygen atoms in total. The summed E-state index contributed by atoms with van der Waals surface area (Å²) in [6.45, 7) is 5.50. The van der Waals surface area contributed by atoms with Gasteiger partial charge in [0.15, 0.2) is 0 Å². The average Bonchev–Trinajstić information content (AvgIpc) is 2.46. The molecule has 0 bridgehead atoms. The van der Waals surface area contributed by atoms with Crippen LogP contribution in [0, 0.1) is 5.82 Å². The van der Waals surface area contributed by atoms with Crippen molar-refractivity contribution in [3.8, 4) is 0 Å². The van der Waals surface area contributed by atoms with Crippen LogP contribution in [0.2, 0.25) is 0 Å². The van der Waals surface area contributed by atoms with Crippen molar-refractivity contribution in [2.75, 3.05) is 31.6 Å². The Labute approximate surface area is 120 Å². The third-order valence-electron chi connectivity index (χ3n) is 4.10. The molecule has 1 aromatic carbocycles. The minimum atomic E-state index is -0.168. The van der Waals surface area contributed by atoms with Crippen LogP contribution in [0.5, 0.6) is 0 Å². The van der Waals surface area contributed by atoms with Gasteiger partial charge >= 0.3 is 0 Å². The molecule has 4 heteroatoms. The zero-order chi connectivity index (χ0) is 13.8. The number of nitrogens with zero attached hydrogens (tertiary/aromatic N) is 2. The van der Waals surface area contributed by atoms with Gasteiger partial charge in [0, 0.05) is 32.1 Å². The molecule has 19 heavy (non-hydrogen) atoms. The summed E-state index contributed by atoms with van der Waals surface area (Å²) < 4.78 is 14.1. The van der Waals surface area contributed by atoms with Crippen LogP contribution in [0.1, 0.15) is 25.3 Å². The Morgan fingerprint density at radius 3 is 2.58 bits per heavy atom. The van der Waals surface area contributed by atoms with E-state index >= 15 is 0 Å². The van der Waals surface area contributed by atoms with E-state index in [1.54, 1.807) is 6.07 Å². The average molecular weight is 285 g/mol. The second-order valence-corrected chi connectivity index (χ2v) is 5.46. The quantitative estimate of drug-likeness (QED) is 0.781. The second kappa shape index (κ2) is 6.58. The molecule has 1 fully saturated rings. The first kappa shape index (κ1) is 14.6. The molecule has 0 amide bonds. The molecule has 0 unspecified atom stereocenters. The Morgan fingerprint density at radius 2 is 2.05 bits per heavy atom. The number of alkyl halides is 1. The minimum Gasteiger partial charge on any atom is -0.369 e. The molecule has 1 saturated heterocycles. The fourth-order valence-corrected chi connectivity index (χ4v) is 2.91.